The third-order valence-corrected chi connectivity index (χ3v) is 5.11. The number of para-hydroxylation sites is 1. The van der Waals surface area contributed by atoms with Crippen LogP contribution in [-0.4, -0.2) is 50.2 Å². The zero-order valence-electron chi connectivity index (χ0n) is 15.3. The molecule has 1 fully saturated rings. The molecule has 142 valence electrons. The van der Waals surface area contributed by atoms with E-state index in [1.807, 2.05) is 6.07 Å². The molecule has 1 saturated heterocycles. The van der Waals surface area contributed by atoms with Crippen molar-refractivity contribution < 1.29 is 9.18 Å². The van der Waals surface area contributed by atoms with Gasteiger partial charge in [0.25, 0.3) is 5.91 Å². The average molecular weight is 370 g/mol. The monoisotopic (exact) mass is 370 g/mol. The molecule has 1 aliphatic rings. The summed E-state index contributed by atoms with van der Waals surface area (Å²) >= 11 is 0. The van der Waals surface area contributed by atoms with E-state index in [9.17, 15) is 9.18 Å². The van der Waals surface area contributed by atoms with E-state index in [4.69, 9.17) is 0 Å². The van der Waals surface area contributed by atoms with Crippen molar-refractivity contribution in [1.29, 1.82) is 0 Å². The number of nitrogens with zero attached hydrogens (tertiary/aromatic N) is 4. The molecule has 2 N–H and O–H groups in total. The van der Waals surface area contributed by atoms with Crippen LogP contribution in [0, 0.1) is 11.7 Å². The number of carbonyl (C=O) groups excluding carboxylic acids is 1. The van der Waals surface area contributed by atoms with Crippen molar-refractivity contribution in [1.82, 2.24) is 30.0 Å². The van der Waals surface area contributed by atoms with E-state index in [0.717, 1.165) is 37.3 Å². The molecular formula is C19H23FN6O. The van der Waals surface area contributed by atoms with Crippen LogP contribution in [0.15, 0.2) is 30.6 Å². The lowest BCUT2D eigenvalue weighted by Crippen LogP contribution is -2.38. The fraction of sp³-hybridized carbons (Fsp3) is 0.421. The van der Waals surface area contributed by atoms with Crippen molar-refractivity contribution >= 4 is 16.9 Å². The van der Waals surface area contributed by atoms with Gasteiger partial charge in [0, 0.05) is 19.8 Å². The minimum atomic E-state index is -0.293. The van der Waals surface area contributed by atoms with Crippen molar-refractivity contribution in [2.75, 3.05) is 19.6 Å². The molecule has 0 atom stereocenters. The molecule has 3 heterocycles. The highest BCUT2D eigenvalue weighted by atomic mass is 19.1. The third kappa shape index (κ3) is 4.00. The van der Waals surface area contributed by atoms with Crippen molar-refractivity contribution in [3.63, 3.8) is 0 Å². The van der Waals surface area contributed by atoms with Gasteiger partial charge in [0.15, 0.2) is 5.82 Å². The highest BCUT2D eigenvalue weighted by molar-refractivity contribution is 5.93. The maximum atomic E-state index is 13.8. The second-order valence-corrected chi connectivity index (χ2v) is 7.15. The van der Waals surface area contributed by atoms with Crippen LogP contribution in [0.2, 0.25) is 0 Å². The SMILES string of the molecule is Cn1cc(C(=O)NCC2CCN(Cc3nc4c(F)cccc4[nH]3)CC2)cn1. The number of nitrogens with one attached hydrogen (secondary N) is 2. The molecule has 7 nitrogen and oxygen atoms in total. The molecule has 0 unspecified atom stereocenters. The molecule has 0 spiro atoms. The minimum absolute atomic E-state index is 0.0742. The Labute approximate surface area is 156 Å². The van der Waals surface area contributed by atoms with Crippen molar-refractivity contribution in [2.24, 2.45) is 13.0 Å². The first-order valence-electron chi connectivity index (χ1n) is 9.21. The first kappa shape index (κ1) is 17.7. The Hall–Kier alpha value is -2.74. The number of imidazole rings is 1. The number of piperidine rings is 1. The number of halogens is 1. The minimum Gasteiger partial charge on any atom is -0.352 e. The molecule has 0 bridgehead atoms. The second-order valence-electron chi connectivity index (χ2n) is 7.15. The van der Waals surface area contributed by atoms with E-state index in [-0.39, 0.29) is 11.7 Å². The van der Waals surface area contributed by atoms with Crippen LogP contribution < -0.4 is 5.32 Å². The summed E-state index contributed by atoms with van der Waals surface area (Å²) in [4.78, 5) is 22.0. The number of carbonyl (C=O) groups is 1. The van der Waals surface area contributed by atoms with Gasteiger partial charge in [0.05, 0.1) is 23.8 Å². The van der Waals surface area contributed by atoms with E-state index < -0.39 is 0 Å². The number of hydrogen-bond donors (Lipinski definition) is 2. The van der Waals surface area contributed by atoms with E-state index in [0.29, 0.717) is 30.1 Å². The van der Waals surface area contributed by atoms with Crippen LogP contribution >= 0.6 is 0 Å². The van der Waals surface area contributed by atoms with E-state index in [1.54, 1.807) is 30.2 Å². The average Bonchev–Trinajstić information content (AvgIpc) is 3.28. The Kier molecular flexibility index (Phi) is 4.89. The summed E-state index contributed by atoms with van der Waals surface area (Å²) in [6.07, 6.45) is 5.33. The summed E-state index contributed by atoms with van der Waals surface area (Å²) in [6.45, 7) is 3.24. The third-order valence-electron chi connectivity index (χ3n) is 5.11. The summed E-state index contributed by atoms with van der Waals surface area (Å²) in [5.74, 6) is 0.890. The standard InChI is InChI=1S/C19H23FN6O/c1-25-11-14(10-22-25)19(27)21-9-13-5-7-26(8-6-13)12-17-23-16-4-2-3-15(20)18(16)24-17/h2-4,10-11,13H,5-9,12H2,1H3,(H,21,27)(H,23,24). The van der Waals surface area contributed by atoms with Crippen molar-refractivity contribution in [2.45, 2.75) is 19.4 Å². The van der Waals surface area contributed by atoms with Gasteiger partial charge in [-0.1, -0.05) is 6.07 Å². The van der Waals surface area contributed by atoms with Crippen LogP contribution in [0.1, 0.15) is 29.0 Å². The molecule has 4 rings (SSSR count). The van der Waals surface area contributed by atoms with Gasteiger partial charge in [-0.15, -0.1) is 0 Å². The molecule has 1 amide bonds. The predicted molar refractivity (Wildman–Crippen MR) is 99.6 cm³/mol. The van der Waals surface area contributed by atoms with Gasteiger partial charge in [-0.25, -0.2) is 9.37 Å². The maximum absolute atomic E-state index is 13.8. The van der Waals surface area contributed by atoms with E-state index in [1.165, 1.54) is 6.07 Å². The van der Waals surface area contributed by atoms with Gasteiger partial charge in [-0.3, -0.25) is 14.4 Å². The summed E-state index contributed by atoms with van der Waals surface area (Å²) in [5.41, 5.74) is 1.73. The quantitative estimate of drug-likeness (QED) is 0.721. The summed E-state index contributed by atoms with van der Waals surface area (Å²) in [7, 11) is 1.79. The zero-order valence-corrected chi connectivity index (χ0v) is 15.3. The van der Waals surface area contributed by atoms with Crippen LogP contribution in [-0.2, 0) is 13.6 Å². The van der Waals surface area contributed by atoms with Gasteiger partial charge < -0.3 is 10.3 Å². The molecule has 27 heavy (non-hydrogen) atoms. The molecule has 0 radical (unpaired) electrons. The molecule has 1 aromatic carbocycles. The van der Waals surface area contributed by atoms with E-state index >= 15 is 0 Å². The number of benzene rings is 1. The Bertz CT molecular complexity index is 941. The molecule has 0 aliphatic carbocycles. The Morgan fingerprint density at radius 2 is 2.19 bits per heavy atom. The molecular weight excluding hydrogens is 347 g/mol. The lowest BCUT2D eigenvalue weighted by Gasteiger charge is -2.31. The Morgan fingerprint density at radius 3 is 2.89 bits per heavy atom. The molecule has 8 heteroatoms. The fourth-order valence-corrected chi connectivity index (χ4v) is 3.56. The maximum Gasteiger partial charge on any atom is 0.254 e. The van der Waals surface area contributed by atoms with Crippen LogP contribution in [0.25, 0.3) is 11.0 Å². The normalized spacial score (nSPS) is 16.1. The van der Waals surface area contributed by atoms with Gasteiger partial charge in [0.2, 0.25) is 0 Å². The zero-order chi connectivity index (χ0) is 18.8. The number of aromatic nitrogens is 4. The number of hydrogen-bond acceptors (Lipinski definition) is 4. The Balaban J connectivity index is 1.26. The first-order chi connectivity index (χ1) is 13.1. The van der Waals surface area contributed by atoms with Crippen molar-refractivity contribution in [3.05, 3.63) is 47.8 Å². The number of rotatable bonds is 5. The van der Waals surface area contributed by atoms with Crippen LogP contribution in [0.3, 0.4) is 0 Å². The lowest BCUT2D eigenvalue weighted by molar-refractivity contribution is 0.0935. The first-order valence-corrected chi connectivity index (χ1v) is 9.21. The number of amides is 1. The highest BCUT2D eigenvalue weighted by Gasteiger charge is 2.21. The summed E-state index contributed by atoms with van der Waals surface area (Å²) < 4.78 is 15.4. The van der Waals surface area contributed by atoms with Gasteiger partial charge in [0.1, 0.15) is 11.3 Å². The lowest BCUT2D eigenvalue weighted by atomic mass is 9.96. The van der Waals surface area contributed by atoms with Crippen LogP contribution in [0.4, 0.5) is 4.39 Å². The summed E-state index contributed by atoms with van der Waals surface area (Å²) in [5, 5.41) is 7.02. The highest BCUT2D eigenvalue weighted by Crippen LogP contribution is 2.20. The van der Waals surface area contributed by atoms with Crippen molar-refractivity contribution in [3.8, 4) is 0 Å². The van der Waals surface area contributed by atoms with Gasteiger partial charge in [-0.2, -0.15) is 5.10 Å². The van der Waals surface area contributed by atoms with E-state index in [2.05, 4.69) is 25.3 Å². The molecule has 0 saturated carbocycles. The van der Waals surface area contributed by atoms with Gasteiger partial charge >= 0.3 is 0 Å². The molecule has 1 aliphatic heterocycles. The number of H-pyrrole nitrogens is 1. The number of fused-ring (bicyclic) bond motifs is 1. The smallest absolute Gasteiger partial charge is 0.254 e. The number of likely N-dealkylation sites (tertiary alicyclic amines) is 1. The van der Waals surface area contributed by atoms with Crippen LogP contribution in [0.5, 0.6) is 0 Å². The van der Waals surface area contributed by atoms with Gasteiger partial charge in [-0.05, 0) is 44.0 Å². The topological polar surface area (TPSA) is 78.8 Å². The number of aryl methyl sites for hydroxylation is 1. The molecule has 3 aromatic rings. The number of aromatic amines is 1. The summed E-state index contributed by atoms with van der Waals surface area (Å²) in [6, 6.07) is 4.95. The molecule has 2 aromatic heterocycles. The predicted octanol–water partition coefficient (Wildman–Crippen LogP) is 2.08. The Morgan fingerprint density at radius 1 is 1.37 bits per heavy atom. The fourth-order valence-electron chi connectivity index (χ4n) is 3.56. The second kappa shape index (κ2) is 7.48. The largest absolute Gasteiger partial charge is 0.352 e.